The molecule has 2 aromatic carbocycles. The van der Waals surface area contributed by atoms with Crippen molar-refractivity contribution in [1.82, 2.24) is 5.32 Å². The zero-order chi connectivity index (χ0) is 22.6. The number of fused-ring (bicyclic) bond motifs is 1. The van der Waals surface area contributed by atoms with Gasteiger partial charge in [0.2, 0.25) is 15.9 Å². The van der Waals surface area contributed by atoms with Crippen molar-refractivity contribution >= 4 is 27.3 Å². The lowest BCUT2D eigenvalue weighted by Gasteiger charge is -2.22. The maximum atomic E-state index is 12.4. The number of nitro groups is 1. The van der Waals surface area contributed by atoms with Gasteiger partial charge in [-0.25, -0.2) is 8.42 Å². The Morgan fingerprint density at radius 1 is 1.19 bits per heavy atom. The summed E-state index contributed by atoms with van der Waals surface area (Å²) >= 11 is 0. The first-order chi connectivity index (χ1) is 14.6. The van der Waals surface area contributed by atoms with Crippen molar-refractivity contribution in [3.05, 3.63) is 69.3 Å². The second-order valence-corrected chi connectivity index (χ2v) is 9.79. The number of nitro benzene ring substituents is 1. The molecule has 0 spiro atoms. The molecular weight excluding hydrogens is 418 g/mol. The number of anilines is 1. The Balaban J connectivity index is 1.58. The van der Waals surface area contributed by atoms with Crippen LogP contribution in [-0.4, -0.2) is 32.0 Å². The number of hydrogen-bond acceptors (Lipinski definition) is 5. The number of rotatable bonds is 9. The highest BCUT2D eigenvalue weighted by molar-refractivity contribution is 7.92. The van der Waals surface area contributed by atoms with Gasteiger partial charge in [0.15, 0.2) is 0 Å². The minimum Gasteiger partial charge on any atom is -0.350 e. The average molecular weight is 446 g/mol. The molecule has 2 aromatic rings. The molecule has 9 heteroatoms. The number of amides is 1. The standard InChI is InChI=1S/C22H27N3O5S/c1-16(18-12-11-17-6-3-7-19(17)14-18)23-22(26)10-5-13-24(31(2,29)30)20-8-4-9-21(15-20)25(27)28/h4,8-9,11-12,14-16H,3,5-7,10,13H2,1-2H3,(H,23,26)/t16-/m1/s1. The molecule has 1 atom stereocenters. The Labute approximate surface area is 182 Å². The lowest BCUT2D eigenvalue weighted by Crippen LogP contribution is -2.32. The molecule has 1 N–H and O–H groups in total. The summed E-state index contributed by atoms with van der Waals surface area (Å²) in [6.07, 6.45) is 4.83. The van der Waals surface area contributed by atoms with Gasteiger partial charge in [0, 0.05) is 25.1 Å². The van der Waals surface area contributed by atoms with Crippen LogP contribution >= 0.6 is 0 Å². The van der Waals surface area contributed by atoms with Gasteiger partial charge in [-0.05, 0) is 55.4 Å². The molecule has 166 valence electrons. The molecule has 0 bridgehead atoms. The van der Waals surface area contributed by atoms with E-state index >= 15 is 0 Å². The van der Waals surface area contributed by atoms with Crippen molar-refractivity contribution in [3.63, 3.8) is 0 Å². The SMILES string of the molecule is C[C@@H](NC(=O)CCCN(c1cccc([N+](=O)[O-])c1)S(C)(=O)=O)c1ccc2c(c1)CCC2. The predicted molar refractivity (Wildman–Crippen MR) is 120 cm³/mol. The lowest BCUT2D eigenvalue weighted by molar-refractivity contribution is -0.384. The molecule has 31 heavy (non-hydrogen) atoms. The van der Waals surface area contributed by atoms with E-state index in [1.165, 1.54) is 41.8 Å². The average Bonchev–Trinajstić information content (AvgIpc) is 3.18. The van der Waals surface area contributed by atoms with Crippen LogP contribution in [0.4, 0.5) is 11.4 Å². The molecule has 0 saturated carbocycles. The van der Waals surface area contributed by atoms with Crippen molar-refractivity contribution in [2.45, 2.75) is 45.1 Å². The summed E-state index contributed by atoms with van der Waals surface area (Å²) in [5.41, 5.74) is 3.81. The molecule has 0 fully saturated rings. The Bertz CT molecular complexity index is 1080. The number of nitrogens with one attached hydrogen (secondary N) is 1. The van der Waals surface area contributed by atoms with Crippen molar-refractivity contribution in [2.24, 2.45) is 0 Å². The molecule has 1 aliphatic carbocycles. The van der Waals surface area contributed by atoms with Gasteiger partial charge in [-0.3, -0.25) is 19.2 Å². The fourth-order valence-electron chi connectivity index (χ4n) is 3.89. The second-order valence-electron chi connectivity index (χ2n) is 7.89. The Morgan fingerprint density at radius 3 is 2.65 bits per heavy atom. The van der Waals surface area contributed by atoms with E-state index in [0.29, 0.717) is 6.42 Å². The third-order valence-corrected chi connectivity index (χ3v) is 6.69. The van der Waals surface area contributed by atoms with E-state index in [2.05, 4.69) is 17.4 Å². The van der Waals surface area contributed by atoms with Crippen LogP contribution in [0.1, 0.15) is 48.9 Å². The van der Waals surface area contributed by atoms with Gasteiger partial charge in [-0.1, -0.05) is 24.3 Å². The molecule has 0 saturated heterocycles. The number of carbonyl (C=O) groups excluding carboxylic acids is 1. The summed E-state index contributed by atoms with van der Waals surface area (Å²) < 4.78 is 25.5. The normalized spacial score (nSPS) is 14.0. The highest BCUT2D eigenvalue weighted by Gasteiger charge is 2.20. The van der Waals surface area contributed by atoms with E-state index < -0.39 is 14.9 Å². The zero-order valence-corrected chi connectivity index (χ0v) is 18.5. The van der Waals surface area contributed by atoms with Crippen LogP contribution in [0.5, 0.6) is 0 Å². The Hall–Kier alpha value is -2.94. The van der Waals surface area contributed by atoms with E-state index in [4.69, 9.17) is 0 Å². The van der Waals surface area contributed by atoms with E-state index in [1.54, 1.807) is 0 Å². The highest BCUT2D eigenvalue weighted by Crippen LogP contribution is 2.26. The summed E-state index contributed by atoms with van der Waals surface area (Å²) in [4.78, 5) is 22.8. The van der Waals surface area contributed by atoms with Gasteiger partial charge in [-0.2, -0.15) is 0 Å². The highest BCUT2D eigenvalue weighted by atomic mass is 32.2. The van der Waals surface area contributed by atoms with Gasteiger partial charge in [0.05, 0.1) is 22.9 Å². The van der Waals surface area contributed by atoms with Gasteiger partial charge in [0.1, 0.15) is 0 Å². The van der Waals surface area contributed by atoms with Gasteiger partial charge in [-0.15, -0.1) is 0 Å². The number of hydrogen-bond donors (Lipinski definition) is 1. The van der Waals surface area contributed by atoms with Crippen molar-refractivity contribution in [1.29, 1.82) is 0 Å². The van der Waals surface area contributed by atoms with Crippen molar-refractivity contribution < 1.29 is 18.1 Å². The first-order valence-corrected chi connectivity index (χ1v) is 12.1. The summed E-state index contributed by atoms with van der Waals surface area (Å²) in [6, 6.07) is 11.7. The minimum absolute atomic E-state index is 0.0562. The third-order valence-electron chi connectivity index (χ3n) is 5.49. The maximum absolute atomic E-state index is 12.4. The number of sulfonamides is 1. The van der Waals surface area contributed by atoms with Gasteiger partial charge in [0.25, 0.3) is 5.69 Å². The first-order valence-electron chi connectivity index (χ1n) is 10.3. The summed E-state index contributed by atoms with van der Waals surface area (Å²) in [5, 5.41) is 14.0. The van der Waals surface area contributed by atoms with Crippen LogP contribution in [0.25, 0.3) is 0 Å². The monoisotopic (exact) mass is 445 g/mol. The van der Waals surface area contributed by atoms with E-state index in [9.17, 15) is 23.3 Å². The molecule has 0 unspecified atom stereocenters. The van der Waals surface area contributed by atoms with E-state index in [-0.39, 0.29) is 36.3 Å². The van der Waals surface area contributed by atoms with Crippen molar-refractivity contribution in [2.75, 3.05) is 17.1 Å². The summed E-state index contributed by atoms with van der Waals surface area (Å²) in [7, 11) is -3.65. The smallest absolute Gasteiger partial charge is 0.271 e. The Kier molecular flexibility index (Phi) is 6.94. The number of carbonyl (C=O) groups is 1. The molecule has 1 aliphatic rings. The number of benzene rings is 2. The second kappa shape index (κ2) is 9.47. The first kappa shape index (κ1) is 22.7. The largest absolute Gasteiger partial charge is 0.350 e. The molecule has 0 heterocycles. The molecule has 0 aliphatic heterocycles. The van der Waals surface area contributed by atoms with Crippen LogP contribution in [0.15, 0.2) is 42.5 Å². The summed E-state index contributed by atoms with van der Waals surface area (Å²) in [6.45, 7) is 1.99. The molecule has 1 amide bonds. The van der Waals surface area contributed by atoms with E-state index in [0.717, 1.165) is 29.0 Å². The Morgan fingerprint density at radius 2 is 1.94 bits per heavy atom. The molecular formula is C22H27N3O5S. The molecule has 0 aromatic heterocycles. The fraction of sp³-hybridized carbons (Fsp3) is 0.409. The predicted octanol–water partition coefficient (Wildman–Crippen LogP) is 3.51. The van der Waals surface area contributed by atoms with Crippen LogP contribution in [0.3, 0.4) is 0 Å². The topological polar surface area (TPSA) is 110 Å². The lowest BCUT2D eigenvalue weighted by atomic mass is 10.0. The van der Waals surface area contributed by atoms with Gasteiger partial charge < -0.3 is 5.32 Å². The van der Waals surface area contributed by atoms with Crippen LogP contribution in [0, 0.1) is 10.1 Å². The quantitative estimate of drug-likeness (QED) is 0.469. The fourth-order valence-corrected chi connectivity index (χ4v) is 4.85. The summed E-state index contributed by atoms with van der Waals surface area (Å²) in [5.74, 6) is -0.166. The minimum atomic E-state index is -3.65. The van der Waals surface area contributed by atoms with Crippen LogP contribution in [-0.2, 0) is 27.7 Å². The maximum Gasteiger partial charge on any atom is 0.271 e. The van der Waals surface area contributed by atoms with Gasteiger partial charge >= 0.3 is 0 Å². The third kappa shape index (κ3) is 5.81. The number of nitrogens with zero attached hydrogens (tertiary/aromatic N) is 2. The number of aryl methyl sites for hydroxylation is 2. The molecule has 3 rings (SSSR count). The van der Waals surface area contributed by atoms with E-state index in [1.807, 2.05) is 13.0 Å². The van der Waals surface area contributed by atoms with Crippen molar-refractivity contribution in [3.8, 4) is 0 Å². The molecule has 0 radical (unpaired) electrons. The number of non-ortho nitro benzene ring substituents is 1. The van der Waals surface area contributed by atoms with Crippen LogP contribution < -0.4 is 9.62 Å². The zero-order valence-electron chi connectivity index (χ0n) is 17.7. The van der Waals surface area contributed by atoms with Crippen LogP contribution in [0.2, 0.25) is 0 Å². The molecule has 8 nitrogen and oxygen atoms in total.